The van der Waals surface area contributed by atoms with E-state index in [0.717, 1.165) is 0 Å². The number of hydrogen-bond donors (Lipinski definition) is 3. The summed E-state index contributed by atoms with van der Waals surface area (Å²) in [4.78, 5) is 22.7. The number of hydrogen-bond acceptors (Lipinski definition) is 5. The van der Waals surface area contributed by atoms with E-state index in [0.29, 0.717) is 24.5 Å². The van der Waals surface area contributed by atoms with Crippen LogP contribution in [0.5, 0.6) is 11.5 Å². The molecular formula is C15H19N3O4. The van der Waals surface area contributed by atoms with E-state index in [2.05, 4.69) is 22.4 Å². The molecule has 0 unspecified atom stereocenters. The summed E-state index contributed by atoms with van der Waals surface area (Å²) in [5.74, 6) is -0.569. The number of phenols is 1. The summed E-state index contributed by atoms with van der Waals surface area (Å²) in [5.41, 5.74) is 2.88. The largest absolute Gasteiger partial charge is 0.504 e. The molecule has 0 atom stereocenters. The van der Waals surface area contributed by atoms with E-state index in [1.54, 1.807) is 19.1 Å². The highest BCUT2D eigenvalue weighted by atomic mass is 16.5. The highest BCUT2D eigenvalue weighted by molar-refractivity contribution is 5.97. The van der Waals surface area contributed by atoms with Gasteiger partial charge in [-0.15, -0.1) is 6.58 Å². The second-order valence-electron chi connectivity index (χ2n) is 4.22. The Morgan fingerprint density at radius 2 is 2.18 bits per heavy atom. The van der Waals surface area contributed by atoms with Crippen molar-refractivity contribution in [2.45, 2.75) is 13.3 Å². The molecule has 0 heterocycles. The molecule has 0 aliphatic heterocycles. The lowest BCUT2D eigenvalue weighted by molar-refractivity contribution is -0.129. The first kappa shape index (κ1) is 17.2. The average molecular weight is 305 g/mol. The van der Waals surface area contributed by atoms with Crippen molar-refractivity contribution in [3.63, 3.8) is 0 Å². The van der Waals surface area contributed by atoms with Crippen molar-refractivity contribution < 1.29 is 19.4 Å². The normalized spacial score (nSPS) is 10.2. The minimum atomic E-state index is -0.526. The molecule has 0 saturated carbocycles. The molecule has 0 spiro atoms. The maximum Gasteiger partial charge on any atom is 0.249 e. The van der Waals surface area contributed by atoms with Crippen LogP contribution in [-0.4, -0.2) is 36.3 Å². The first-order chi connectivity index (χ1) is 10.6. The first-order valence-electron chi connectivity index (χ1n) is 6.72. The van der Waals surface area contributed by atoms with Gasteiger partial charge in [-0.25, -0.2) is 5.43 Å². The van der Waals surface area contributed by atoms with E-state index in [1.807, 2.05) is 0 Å². The van der Waals surface area contributed by atoms with Gasteiger partial charge in [-0.1, -0.05) is 6.08 Å². The molecule has 1 rings (SSSR count). The van der Waals surface area contributed by atoms with Gasteiger partial charge in [0.15, 0.2) is 11.5 Å². The molecule has 0 aromatic heterocycles. The van der Waals surface area contributed by atoms with E-state index in [1.165, 1.54) is 18.4 Å². The number of carbonyl (C=O) groups is 2. The number of benzene rings is 1. The molecule has 118 valence electrons. The van der Waals surface area contributed by atoms with Crippen LogP contribution in [0.4, 0.5) is 0 Å². The average Bonchev–Trinajstić information content (AvgIpc) is 2.48. The van der Waals surface area contributed by atoms with Crippen LogP contribution in [0.2, 0.25) is 0 Å². The summed E-state index contributed by atoms with van der Waals surface area (Å²) in [6.45, 7) is 5.99. The molecule has 3 N–H and O–H groups in total. The highest BCUT2D eigenvalue weighted by Gasteiger charge is 2.07. The smallest absolute Gasteiger partial charge is 0.249 e. The molecule has 7 heteroatoms. The van der Waals surface area contributed by atoms with Gasteiger partial charge in [-0.2, -0.15) is 5.10 Å². The third kappa shape index (κ3) is 6.08. The third-order valence-corrected chi connectivity index (χ3v) is 2.45. The maximum absolute atomic E-state index is 11.5. The van der Waals surface area contributed by atoms with Gasteiger partial charge in [-0.05, 0) is 30.7 Å². The molecule has 0 fully saturated rings. The fourth-order valence-corrected chi connectivity index (χ4v) is 1.49. The van der Waals surface area contributed by atoms with Gasteiger partial charge in [0.05, 0.1) is 12.8 Å². The zero-order valence-corrected chi connectivity index (χ0v) is 12.3. The zero-order chi connectivity index (χ0) is 16.4. The molecule has 1 aromatic carbocycles. The quantitative estimate of drug-likeness (QED) is 0.288. The SMILES string of the molecule is C=CCNC(=O)CC(=O)NN=Cc1ccc(O)c(OCC)c1. The van der Waals surface area contributed by atoms with E-state index >= 15 is 0 Å². The molecule has 22 heavy (non-hydrogen) atoms. The Bertz CT molecular complexity index is 570. The highest BCUT2D eigenvalue weighted by Crippen LogP contribution is 2.26. The van der Waals surface area contributed by atoms with Gasteiger partial charge in [0.25, 0.3) is 0 Å². The number of amides is 2. The van der Waals surface area contributed by atoms with Crippen LogP contribution in [0.3, 0.4) is 0 Å². The first-order valence-corrected chi connectivity index (χ1v) is 6.72. The van der Waals surface area contributed by atoms with Crippen molar-refractivity contribution in [1.29, 1.82) is 0 Å². The number of aromatic hydroxyl groups is 1. The lowest BCUT2D eigenvalue weighted by Crippen LogP contribution is -2.29. The molecule has 2 amide bonds. The topological polar surface area (TPSA) is 100 Å². The fourth-order valence-electron chi connectivity index (χ4n) is 1.49. The summed E-state index contributed by atoms with van der Waals surface area (Å²) < 4.78 is 5.23. The molecule has 0 bridgehead atoms. The van der Waals surface area contributed by atoms with Crippen LogP contribution in [-0.2, 0) is 9.59 Å². The van der Waals surface area contributed by atoms with Gasteiger partial charge < -0.3 is 15.2 Å². The molecule has 0 saturated heterocycles. The minimum Gasteiger partial charge on any atom is -0.504 e. The number of hydrazone groups is 1. The van der Waals surface area contributed by atoms with Crippen LogP contribution in [0.25, 0.3) is 0 Å². The molecule has 7 nitrogen and oxygen atoms in total. The van der Waals surface area contributed by atoms with Gasteiger partial charge >= 0.3 is 0 Å². The number of phenolic OH excluding ortho intramolecular Hbond substituents is 1. The number of carbonyl (C=O) groups excluding carboxylic acids is 2. The van der Waals surface area contributed by atoms with Crippen molar-refractivity contribution in [2.24, 2.45) is 5.10 Å². The molecular weight excluding hydrogens is 286 g/mol. The standard InChI is InChI=1S/C15H19N3O4/c1-3-7-16-14(20)9-15(21)18-17-10-11-5-6-12(19)13(8-11)22-4-2/h3,5-6,8,10,19H,1,4,7,9H2,2H3,(H,16,20)(H,18,21). The number of nitrogens with one attached hydrogen (secondary N) is 2. The van der Waals surface area contributed by atoms with E-state index in [9.17, 15) is 14.7 Å². The van der Waals surface area contributed by atoms with Crippen LogP contribution in [0.15, 0.2) is 36.0 Å². The summed E-state index contributed by atoms with van der Waals surface area (Å²) in [7, 11) is 0. The number of ether oxygens (including phenoxy) is 1. The van der Waals surface area contributed by atoms with Gasteiger partial charge in [-0.3, -0.25) is 9.59 Å². The van der Waals surface area contributed by atoms with Gasteiger partial charge in [0, 0.05) is 6.54 Å². The van der Waals surface area contributed by atoms with E-state index in [4.69, 9.17) is 4.74 Å². The minimum absolute atomic E-state index is 0.0296. The summed E-state index contributed by atoms with van der Waals surface area (Å²) in [6.07, 6.45) is 2.60. The van der Waals surface area contributed by atoms with Crippen molar-refractivity contribution in [2.75, 3.05) is 13.2 Å². The number of rotatable bonds is 8. The fraction of sp³-hybridized carbons (Fsp3) is 0.267. The predicted molar refractivity (Wildman–Crippen MR) is 82.8 cm³/mol. The third-order valence-electron chi connectivity index (χ3n) is 2.45. The van der Waals surface area contributed by atoms with Crippen molar-refractivity contribution >= 4 is 18.0 Å². The second-order valence-corrected chi connectivity index (χ2v) is 4.22. The van der Waals surface area contributed by atoms with Gasteiger partial charge in [0.2, 0.25) is 11.8 Å². The molecule has 0 radical (unpaired) electrons. The monoisotopic (exact) mass is 305 g/mol. The summed E-state index contributed by atoms with van der Waals surface area (Å²) >= 11 is 0. The Kier molecular flexibility index (Phi) is 7.18. The van der Waals surface area contributed by atoms with E-state index < -0.39 is 11.8 Å². The van der Waals surface area contributed by atoms with Crippen LogP contribution >= 0.6 is 0 Å². The Hall–Kier alpha value is -2.83. The Morgan fingerprint density at radius 3 is 2.86 bits per heavy atom. The van der Waals surface area contributed by atoms with Crippen LogP contribution in [0, 0.1) is 0 Å². The zero-order valence-electron chi connectivity index (χ0n) is 12.3. The Morgan fingerprint density at radius 1 is 1.41 bits per heavy atom. The molecule has 0 aliphatic carbocycles. The second kappa shape index (κ2) is 9.17. The van der Waals surface area contributed by atoms with E-state index in [-0.39, 0.29) is 12.2 Å². The van der Waals surface area contributed by atoms with Crippen LogP contribution in [0.1, 0.15) is 18.9 Å². The van der Waals surface area contributed by atoms with Crippen molar-refractivity contribution in [1.82, 2.24) is 10.7 Å². The molecule has 0 aliphatic rings. The number of nitrogens with zero attached hydrogens (tertiary/aromatic N) is 1. The van der Waals surface area contributed by atoms with Crippen molar-refractivity contribution in [3.8, 4) is 11.5 Å². The Balaban J connectivity index is 2.51. The lowest BCUT2D eigenvalue weighted by atomic mass is 10.2. The summed E-state index contributed by atoms with van der Waals surface area (Å²) in [5, 5.41) is 15.8. The van der Waals surface area contributed by atoms with Crippen LogP contribution < -0.4 is 15.5 Å². The summed E-state index contributed by atoms with van der Waals surface area (Å²) in [6, 6.07) is 4.67. The predicted octanol–water partition coefficient (Wildman–Crippen LogP) is 0.933. The lowest BCUT2D eigenvalue weighted by Gasteiger charge is -2.06. The maximum atomic E-state index is 11.5. The molecule has 1 aromatic rings. The van der Waals surface area contributed by atoms with Crippen molar-refractivity contribution in [3.05, 3.63) is 36.4 Å². The van der Waals surface area contributed by atoms with Gasteiger partial charge in [0.1, 0.15) is 6.42 Å². The Labute approximate surface area is 128 Å².